The first-order chi connectivity index (χ1) is 8.90. The minimum Gasteiger partial charge on any atom is -0.288 e. The van der Waals surface area contributed by atoms with E-state index < -0.39 is 28.8 Å². The Labute approximate surface area is 108 Å². The smallest absolute Gasteiger partial charge is 0.199 e. The molecule has 0 N–H and O–H groups in total. The summed E-state index contributed by atoms with van der Waals surface area (Å²) in [6.07, 6.45) is 0. The molecule has 0 spiro atoms. The highest BCUT2D eigenvalue weighted by molar-refractivity contribution is 6.10. The van der Waals surface area contributed by atoms with E-state index in [1.807, 2.05) is 6.92 Å². The zero-order chi connectivity index (χ0) is 14.2. The molecule has 2 aromatic rings. The molecule has 0 atom stereocenters. The van der Waals surface area contributed by atoms with Crippen molar-refractivity contribution in [2.75, 3.05) is 0 Å². The molecule has 2 aromatic carbocycles. The Morgan fingerprint density at radius 3 is 2.05 bits per heavy atom. The third kappa shape index (κ3) is 2.52. The molecular weight excluding hydrogens is 253 g/mol. The summed E-state index contributed by atoms with van der Waals surface area (Å²) in [5, 5.41) is 0. The molecule has 0 saturated heterocycles. The Balaban J connectivity index is 2.56. The van der Waals surface area contributed by atoms with Crippen molar-refractivity contribution in [3.05, 3.63) is 70.0 Å². The van der Waals surface area contributed by atoms with Gasteiger partial charge in [-0.2, -0.15) is 0 Å². The van der Waals surface area contributed by atoms with Crippen molar-refractivity contribution in [2.24, 2.45) is 0 Å². The molecule has 0 aliphatic carbocycles. The topological polar surface area (TPSA) is 17.1 Å². The lowest BCUT2D eigenvalue weighted by molar-refractivity contribution is 0.103. The van der Waals surface area contributed by atoms with Crippen LogP contribution in [0, 0.1) is 31.3 Å². The molecule has 0 unspecified atom stereocenters. The second-order valence-electron chi connectivity index (χ2n) is 4.39. The molecule has 98 valence electrons. The number of ketones is 1. The van der Waals surface area contributed by atoms with Gasteiger partial charge in [0.25, 0.3) is 0 Å². The average molecular weight is 264 g/mol. The fourth-order valence-corrected chi connectivity index (χ4v) is 1.96. The molecule has 19 heavy (non-hydrogen) atoms. The van der Waals surface area contributed by atoms with Crippen LogP contribution >= 0.6 is 0 Å². The van der Waals surface area contributed by atoms with E-state index >= 15 is 0 Å². The standard InChI is InChI=1S/C15H11F3O/c1-8-3-4-11(9(2)5-8)15(19)14-12(17)6-10(16)7-13(14)18/h3-7H,1-2H3. The van der Waals surface area contributed by atoms with Crippen molar-refractivity contribution < 1.29 is 18.0 Å². The number of halogens is 3. The summed E-state index contributed by atoms with van der Waals surface area (Å²) in [5.41, 5.74) is 1.03. The van der Waals surface area contributed by atoms with Crippen LogP contribution in [0.1, 0.15) is 27.0 Å². The summed E-state index contributed by atoms with van der Waals surface area (Å²) in [6, 6.07) is 5.93. The lowest BCUT2D eigenvalue weighted by Gasteiger charge is -2.08. The van der Waals surface area contributed by atoms with E-state index in [1.165, 1.54) is 6.07 Å². The molecule has 0 aromatic heterocycles. The minimum atomic E-state index is -1.19. The molecule has 0 radical (unpaired) electrons. The molecule has 4 heteroatoms. The molecule has 2 rings (SSSR count). The van der Waals surface area contributed by atoms with Crippen LogP contribution in [0.5, 0.6) is 0 Å². The Morgan fingerprint density at radius 1 is 0.947 bits per heavy atom. The molecular formula is C15H11F3O. The Kier molecular flexibility index (Phi) is 3.42. The third-order valence-electron chi connectivity index (χ3n) is 2.86. The summed E-state index contributed by atoms with van der Waals surface area (Å²) in [5.74, 6) is -4.22. The van der Waals surface area contributed by atoms with Crippen molar-refractivity contribution in [3.63, 3.8) is 0 Å². The van der Waals surface area contributed by atoms with Gasteiger partial charge in [0, 0.05) is 17.7 Å². The first kappa shape index (κ1) is 13.3. The van der Waals surface area contributed by atoms with E-state index in [-0.39, 0.29) is 5.56 Å². The van der Waals surface area contributed by atoms with Crippen molar-refractivity contribution >= 4 is 5.78 Å². The van der Waals surface area contributed by atoms with E-state index in [1.54, 1.807) is 19.1 Å². The van der Waals surface area contributed by atoms with Crippen molar-refractivity contribution in [2.45, 2.75) is 13.8 Å². The maximum atomic E-state index is 13.6. The second-order valence-corrected chi connectivity index (χ2v) is 4.39. The highest BCUT2D eigenvalue weighted by Crippen LogP contribution is 2.21. The van der Waals surface area contributed by atoms with Gasteiger partial charge >= 0.3 is 0 Å². The van der Waals surface area contributed by atoms with Crippen LogP contribution in [0.4, 0.5) is 13.2 Å². The molecule has 0 saturated carbocycles. The quantitative estimate of drug-likeness (QED) is 0.750. The van der Waals surface area contributed by atoms with Crippen molar-refractivity contribution in [3.8, 4) is 0 Å². The van der Waals surface area contributed by atoms with Gasteiger partial charge in [0.2, 0.25) is 0 Å². The lowest BCUT2D eigenvalue weighted by atomic mass is 9.97. The summed E-state index contributed by atoms with van der Waals surface area (Å²) in [4.78, 5) is 12.1. The maximum Gasteiger partial charge on any atom is 0.199 e. The van der Waals surface area contributed by atoms with Gasteiger partial charge in [-0.1, -0.05) is 23.8 Å². The Morgan fingerprint density at radius 2 is 1.53 bits per heavy atom. The summed E-state index contributed by atoms with van der Waals surface area (Å²) >= 11 is 0. The van der Waals surface area contributed by atoms with Crippen LogP contribution in [-0.4, -0.2) is 5.78 Å². The van der Waals surface area contributed by atoms with E-state index in [9.17, 15) is 18.0 Å². The number of carbonyl (C=O) groups excluding carboxylic acids is 1. The number of hydrogen-bond acceptors (Lipinski definition) is 1. The van der Waals surface area contributed by atoms with Gasteiger partial charge in [-0.25, -0.2) is 13.2 Å². The van der Waals surface area contributed by atoms with Gasteiger partial charge < -0.3 is 0 Å². The van der Waals surface area contributed by atoms with Crippen molar-refractivity contribution in [1.29, 1.82) is 0 Å². The fourth-order valence-electron chi connectivity index (χ4n) is 1.96. The molecule has 0 heterocycles. The van der Waals surface area contributed by atoms with Crippen LogP contribution in [0.3, 0.4) is 0 Å². The maximum absolute atomic E-state index is 13.6. The number of hydrogen-bond donors (Lipinski definition) is 0. The average Bonchev–Trinajstić information content (AvgIpc) is 2.26. The van der Waals surface area contributed by atoms with Crippen molar-refractivity contribution in [1.82, 2.24) is 0 Å². The number of aryl methyl sites for hydroxylation is 2. The van der Waals surface area contributed by atoms with Gasteiger partial charge in [-0.3, -0.25) is 4.79 Å². The lowest BCUT2D eigenvalue weighted by Crippen LogP contribution is -2.10. The van der Waals surface area contributed by atoms with Gasteiger partial charge in [0.1, 0.15) is 17.5 Å². The summed E-state index contributed by atoms with van der Waals surface area (Å²) in [6.45, 7) is 3.53. The van der Waals surface area contributed by atoms with E-state index in [4.69, 9.17) is 0 Å². The predicted octanol–water partition coefficient (Wildman–Crippen LogP) is 3.95. The monoisotopic (exact) mass is 264 g/mol. The zero-order valence-corrected chi connectivity index (χ0v) is 10.4. The Hall–Kier alpha value is -2.10. The van der Waals surface area contributed by atoms with Crippen LogP contribution < -0.4 is 0 Å². The molecule has 0 aliphatic rings. The van der Waals surface area contributed by atoms with Gasteiger partial charge in [-0.05, 0) is 19.4 Å². The first-order valence-corrected chi connectivity index (χ1v) is 5.66. The molecule has 0 bridgehead atoms. The van der Waals surface area contributed by atoms with Crippen LogP contribution in [0.2, 0.25) is 0 Å². The van der Waals surface area contributed by atoms with E-state index in [2.05, 4.69) is 0 Å². The number of rotatable bonds is 2. The second kappa shape index (κ2) is 4.88. The molecule has 1 nitrogen and oxygen atoms in total. The predicted molar refractivity (Wildman–Crippen MR) is 65.7 cm³/mol. The largest absolute Gasteiger partial charge is 0.288 e. The number of carbonyl (C=O) groups is 1. The minimum absolute atomic E-state index is 0.204. The van der Waals surface area contributed by atoms with E-state index in [0.717, 1.165) is 5.56 Å². The summed E-state index contributed by atoms with van der Waals surface area (Å²) in [7, 11) is 0. The highest BCUT2D eigenvalue weighted by Gasteiger charge is 2.21. The van der Waals surface area contributed by atoms with E-state index in [0.29, 0.717) is 17.7 Å². The Bertz CT molecular complexity index is 639. The van der Waals surface area contributed by atoms with Gasteiger partial charge in [0.05, 0.1) is 5.56 Å². The molecule has 0 amide bonds. The fraction of sp³-hybridized carbons (Fsp3) is 0.133. The van der Waals surface area contributed by atoms with Crippen LogP contribution in [-0.2, 0) is 0 Å². The van der Waals surface area contributed by atoms with Crippen LogP contribution in [0.15, 0.2) is 30.3 Å². The van der Waals surface area contributed by atoms with Gasteiger partial charge in [0.15, 0.2) is 5.78 Å². The molecule has 0 aliphatic heterocycles. The normalized spacial score (nSPS) is 10.6. The first-order valence-electron chi connectivity index (χ1n) is 5.66. The SMILES string of the molecule is Cc1ccc(C(=O)c2c(F)cc(F)cc2F)c(C)c1. The van der Waals surface area contributed by atoms with Crippen LogP contribution in [0.25, 0.3) is 0 Å². The highest BCUT2D eigenvalue weighted by atomic mass is 19.1. The third-order valence-corrected chi connectivity index (χ3v) is 2.86. The number of benzene rings is 2. The van der Waals surface area contributed by atoms with Gasteiger partial charge in [-0.15, -0.1) is 0 Å². The zero-order valence-electron chi connectivity index (χ0n) is 10.4. The summed E-state index contributed by atoms with van der Waals surface area (Å²) < 4.78 is 39.9. The molecule has 0 fully saturated rings.